The fourth-order valence-corrected chi connectivity index (χ4v) is 4.77. The van der Waals surface area contributed by atoms with E-state index in [9.17, 15) is 8.42 Å². The third kappa shape index (κ3) is 4.95. The fraction of sp³-hybridized carbons (Fsp3) is 0.667. The first-order valence-corrected chi connectivity index (χ1v) is 10.6. The highest BCUT2D eigenvalue weighted by molar-refractivity contribution is 7.89. The minimum atomic E-state index is -3.45. The number of ether oxygens (including phenoxy) is 3. The number of nitrogens with zero attached hydrogens (tertiary/aromatic N) is 2. The molecule has 0 bridgehead atoms. The van der Waals surface area contributed by atoms with Crippen LogP contribution >= 0.6 is 0 Å². The molecule has 0 amide bonds. The summed E-state index contributed by atoms with van der Waals surface area (Å²) in [5.41, 5.74) is 0. The van der Waals surface area contributed by atoms with Crippen LogP contribution in [0.2, 0.25) is 0 Å². The van der Waals surface area contributed by atoms with Gasteiger partial charge in [0.15, 0.2) is 0 Å². The topological polar surface area (TPSA) is 68.3 Å². The van der Waals surface area contributed by atoms with E-state index in [0.717, 1.165) is 39.3 Å². The lowest BCUT2D eigenvalue weighted by Crippen LogP contribution is -2.49. The molecule has 1 aromatic carbocycles. The number of methoxy groups -OCH3 is 1. The molecule has 3 rings (SSSR count). The van der Waals surface area contributed by atoms with Gasteiger partial charge in [-0.05, 0) is 36.6 Å². The molecule has 26 heavy (non-hydrogen) atoms. The molecule has 2 saturated heterocycles. The predicted molar refractivity (Wildman–Crippen MR) is 97.9 cm³/mol. The molecule has 2 heterocycles. The summed E-state index contributed by atoms with van der Waals surface area (Å²) in [7, 11) is -1.84. The monoisotopic (exact) mass is 384 g/mol. The van der Waals surface area contributed by atoms with E-state index in [2.05, 4.69) is 4.90 Å². The summed E-state index contributed by atoms with van der Waals surface area (Å²) in [5, 5.41) is 0. The van der Waals surface area contributed by atoms with E-state index in [1.54, 1.807) is 35.7 Å². The minimum Gasteiger partial charge on any atom is -0.491 e. The Hall–Kier alpha value is -1.19. The Bertz CT molecular complexity index is 651. The molecule has 2 fully saturated rings. The van der Waals surface area contributed by atoms with Crippen LogP contribution in [-0.4, -0.2) is 83.9 Å². The average molecular weight is 384 g/mol. The zero-order chi connectivity index (χ0) is 18.4. The molecule has 8 heteroatoms. The second kappa shape index (κ2) is 9.14. The SMILES string of the molecule is COCCOc1ccc(S(=O)(=O)N2CCN(C[C@@H]3CCOC3)CC2)cc1. The van der Waals surface area contributed by atoms with Gasteiger partial charge in [-0.15, -0.1) is 0 Å². The number of benzene rings is 1. The largest absolute Gasteiger partial charge is 0.491 e. The molecule has 0 N–H and O–H groups in total. The third-order valence-electron chi connectivity index (χ3n) is 4.89. The van der Waals surface area contributed by atoms with E-state index in [1.165, 1.54) is 0 Å². The molecule has 0 saturated carbocycles. The van der Waals surface area contributed by atoms with Gasteiger partial charge in [0.2, 0.25) is 10.0 Å². The summed E-state index contributed by atoms with van der Waals surface area (Å²) < 4.78 is 43.1. The number of sulfonamides is 1. The lowest BCUT2D eigenvalue weighted by atomic mass is 10.1. The molecule has 2 aliphatic heterocycles. The van der Waals surface area contributed by atoms with Gasteiger partial charge in [-0.25, -0.2) is 8.42 Å². The van der Waals surface area contributed by atoms with Crippen molar-refractivity contribution >= 4 is 10.0 Å². The maximum atomic E-state index is 12.8. The Morgan fingerprint density at radius 3 is 2.46 bits per heavy atom. The van der Waals surface area contributed by atoms with Crippen LogP contribution in [0.15, 0.2) is 29.2 Å². The molecule has 0 aliphatic carbocycles. The van der Waals surface area contributed by atoms with E-state index in [0.29, 0.717) is 42.9 Å². The van der Waals surface area contributed by atoms with Crippen LogP contribution in [0.3, 0.4) is 0 Å². The van der Waals surface area contributed by atoms with Crippen molar-refractivity contribution in [1.29, 1.82) is 0 Å². The van der Waals surface area contributed by atoms with Gasteiger partial charge in [0.1, 0.15) is 12.4 Å². The second-order valence-electron chi connectivity index (χ2n) is 6.75. The van der Waals surface area contributed by atoms with Gasteiger partial charge in [0.05, 0.1) is 18.1 Å². The predicted octanol–water partition coefficient (Wildman–Crippen LogP) is 1.05. The van der Waals surface area contributed by atoms with Crippen molar-refractivity contribution in [1.82, 2.24) is 9.21 Å². The van der Waals surface area contributed by atoms with E-state index in [1.807, 2.05) is 0 Å². The van der Waals surface area contributed by atoms with E-state index in [4.69, 9.17) is 14.2 Å². The molecule has 2 aliphatic rings. The summed E-state index contributed by atoms with van der Waals surface area (Å²) >= 11 is 0. The summed E-state index contributed by atoms with van der Waals surface area (Å²) in [5.74, 6) is 1.23. The van der Waals surface area contributed by atoms with Gasteiger partial charge in [-0.1, -0.05) is 0 Å². The molecular formula is C18H28N2O5S. The lowest BCUT2D eigenvalue weighted by molar-refractivity contribution is 0.143. The smallest absolute Gasteiger partial charge is 0.243 e. The van der Waals surface area contributed by atoms with Crippen LogP contribution in [0.4, 0.5) is 0 Å². The summed E-state index contributed by atoms with van der Waals surface area (Å²) in [6.07, 6.45) is 1.11. The highest BCUT2D eigenvalue weighted by atomic mass is 32.2. The molecule has 0 unspecified atom stereocenters. The number of piperazine rings is 1. The normalized spacial score (nSPS) is 22.6. The van der Waals surface area contributed by atoms with Crippen LogP contribution in [0, 0.1) is 5.92 Å². The van der Waals surface area contributed by atoms with Crippen LogP contribution < -0.4 is 4.74 Å². The van der Waals surface area contributed by atoms with Crippen molar-refractivity contribution in [2.75, 3.05) is 66.3 Å². The van der Waals surface area contributed by atoms with Gasteiger partial charge in [-0.2, -0.15) is 4.31 Å². The van der Waals surface area contributed by atoms with Crippen LogP contribution in [0.1, 0.15) is 6.42 Å². The molecule has 7 nitrogen and oxygen atoms in total. The van der Waals surface area contributed by atoms with Crippen molar-refractivity contribution < 1.29 is 22.6 Å². The first-order chi connectivity index (χ1) is 12.6. The Balaban J connectivity index is 1.53. The van der Waals surface area contributed by atoms with Gasteiger partial charge in [0, 0.05) is 46.4 Å². The van der Waals surface area contributed by atoms with Crippen LogP contribution in [0.25, 0.3) is 0 Å². The van der Waals surface area contributed by atoms with Gasteiger partial charge >= 0.3 is 0 Å². The Morgan fingerprint density at radius 2 is 1.85 bits per heavy atom. The second-order valence-corrected chi connectivity index (χ2v) is 8.68. The van der Waals surface area contributed by atoms with Crippen LogP contribution in [-0.2, 0) is 19.5 Å². The highest BCUT2D eigenvalue weighted by Crippen LogP contribution is 2.22. The average Bonchev–Trinajstić information content (AvgIpc) is 3.16. The molecular weight excluding hydrogens is 356 g/mol. The third-order valence-corrected chi connectivity index (χ3v) is 6.80. The maximum Gasteiger partial charge on any atom is 0.243 e. The summed E-state index contributed by atoms with van der Waals surface area (Å²) in [4.78, 5) is 2.66. The van der Waals surface area contributed by atoms with Crippen molar-refractivity contribution in [2.24, 2.45) is 5.92 Å². The van der Waals surface area contributed by atoms with Gasteiger partial charge < -0.3 is 19.1 Å². The van der Waals surface area contributed by atoms with Gasteiger partial charge in [0.25, 0.3) is 0 Å². The molecule has 0 radical (unpaired) electrons. The Labute approximate surface area is 155 Å². The molecule has 1 aromatic rings. The van der Waals surface area contributed by atoms with E-state index >= 15 is 0 Å². The van der Waals surface area contributed by atoms with Crippen molar-refractivity contribution in [3.63, 3.8) is 0 Å². The summed E-state index contributed by atoms with van der Waals surface area (Å²) in [6, 6.07) is 6.61. The molecule has 0 aromatic heterocycles. The standard InChI is InChI=1S/C18H28N2O5S/c1-23-12-13-25-17-2-4-18(5-3-17)26(21,22)20-9-7-19(8-10-20)14-16-6-11-24-15-16/h2-5,16H,6-15H2,1H3/t16-/m0/s1. The van der Waals surface area contributed by atoms with E-state index < -0.39 is 10.0 Å². The zero-order valence-electron chi connectivity index (χ0n) is 15.3. The minimum absolute atomic E-state index is 0.314. The fourth-order valence-electron chi connectivity index (χ4n) is 3.34. The van der Waals surface area contributed by atoms with Crippen molar-refractivity contribution in [3.05, 3.63) is 24.3 Å². The Morgan fingerprint density at radius 1 is 1.12 bits per heavy atom. The van der Waals surface area contributed by atoms with Crippen LogP contribution in [0.5, 0.6) is 5.75 Å². The molecule has 146 valence electrons. The maximum absolute atomic E-state index is 12.8. The zero-order valence-corrected chi connectivity index (χ0v) is 16.1. The highest BCUT2D eigenvalue weighted by Gasteiger charge is 2.29. The van der Waals surface area contributed by atoms with Gasteiger partial charge in [-0.3, -0.25) is 0 Å². The van der Waals surface area contributed by atoms with Crippen molar-refractivity contribution in [2.45, 2.75) is 11.3 Å². The van der Waals surface area contributed by atoms with Crippen molar-refractivity contribution in [3.8, 4) is 5.75 Å². The Kier molecular flexibility index (Phi) is 6.88. The number of rotatable bonds is 8. The first-order valence-electron chi connectivity index (χ1n) is 9.11. The lowest BCUT2D eigenvalue weighted by Gasteiger charge is -2.35. The number of hydrogen-bond acceptors (Lipinski definition) is 6. The quantitative estimate of drug-likeness (QED) is 0.624. The summed E-state index contributed by atoms with van der Waals surface area (Å²) in [6.45, 7) is 6.22. The number of hydrogen-bond donors (Lipinski definition) is 0. The molecule has 0 spiro atoms. The molecule has 1 atom stereocenters. The first kappa shape index (κ1) is 19.6. The van der Waals surface area contributed by atoms with E-state index in [-0.39, 0.29) is 0 Å².